The molecule has 0 fully saturated rings. The van der Waals surface area contributed by atoms with Crippen molar-refractivity contribution in [2.75, 3.05) is 5.43 Å². The maximum atomic E-state index is 11.4. The van der Waals surface area contributed by atoms with E-state index in [0.29, 0.717) is 11.6 Å². The van der Waals surface area contributed by atoms with Crippen LogP contribution in [0.1, 0.15) is 37.6 Å². The van der Waals surface area contributed by atoms with E-state index in [0.717, 1.165) is 17.7 Å². The van der Waals surface area contributed by atoms with Gasteiger partial charge >= 0.3 is 0 Å². The second kappa shape index (κ2) is 6.98. The third-order valence-electron chi connectivity index (χ3n) is 3.21. The largest absolute Gasteiger partial charge is 0.288 e. The zero-order valence-electron chi connectivity index (χ0n) is 13.3. The molecule has 0 saturated carbocycles. The molecular weight excluding hydrogens is 278 g/mol. The van der Waals surface area contributed by atoms with Crippen molar-refractivity contribution in [2.24, 2.45) is 11.0 Å². The lowest BCUT2D eigenvalue weighted by molar-refractivity contribution is 0.647. The van der Waals surface area contributed by atoms with Crippen LogP contribution < -0.4 is 11.0 Å². The molecule has 0 atom stereocenters. The Morgan fingerprint density at radius 3 is 2.55 bits per heavy atom. The first-order valence-corrected chi connectivity index (χ1v) is 7.29. The second-order valence-corrected chi connectivity index (χ2v) is 5.69. The van der Waals surface area contributed by atoms with E-state index in [2.05, 4.69) is 51.7 Å². The average Bonchev–Trinajstić information content (AvgIpc) is 2.48. The Bertz CT molecular complexity index is 716. The van der Waals surface area contributed by atoms with Gasteiger partial charge in [0, 0.05) is 0 Å². The van der Waals surface area contributed by atoms with Gasteiger partial charge in [-0.25, -0.2) is 5.43 Å². The molecule has 0 unspecified atom stereocenters. The maximum Gasteiger partial charge on any atom is 0.274 e. The molecule has 116 valence electrons. The SMILES string of the molecule is C/C(=N/Nc1nnc(C)c(=O)[nH]1)c1ccc(CC(C)C)cc1. The van der Waals surface area contributed by atoms with Crippen LogP contribution >= 0.6 is 0 Å². The van der Waals surface area contributed by atoms with Gasteiger partial charge in [0.2, 0.25) is 5.95 Å². The summed E-state index contributed by atoms with van der Waals surface area (Å²) in [6.45, 7) is 7.90. The summed E-state index contributed by atoms with van der Waals surface area (Å²) in [7, 11) is 0. The summed E-state index contributed by atoms with van der Waals surface area (Å²) >= 11 is 0. The van der Waals surface area contributed by atoms with Gasteiger partial charge in [-0.1, -0.05) is 38.1 Å². The maximum absolute atomic E-state index is 11.4. The summed E-state index contributed by atoms with van der Waals surface area (Å²) in [5.41, 5.74) is 5.90. The highest BCUT2D eigenvalue weighted by Crippen LogP contribution is 2.10. The quantitative estimate of drug-likeness (QED) is 0.656. The fourth-order valence-electron chi connectivity index (χ4n) is 2.00. The van der Waals surface area contributed by atoms with Gasteiger partial charge in [0.25, 0.3) is 5.56 Å². The molecule has 0 saturated heterocycles. The van der Waals surface area contributed by atoms with Gasteiger partial charge in [0.05, 0.1) is 5.71 Å². The number of nitrogens with one attached hydrogen (secondary N) is 2. The number of benzene rings is 1. The van der Waals surface area contributed by atoms with Crippen molar-refractivity contribution in [2.45, 2.75) is 34.1 Å². The first kappa shape index (κ1) is 15.9. The molecule has 1 aromatic heterocycles. The third-order valence-corrected chi connectivity index (χ3v) is 3.21. The van der Waals surface area contributed by atoms with Crippen LogP contribution in [-0.4, -0.2) is 20.9 Å². The Hall–Kier alpha value is -2.50. The summed E-state index contributed by atoms with van der Waals surface area (Å²) in [6.07, 6.45) is 1.06. The van der Waals surface area contributed by atoms with Gasteiger partial charge in [0.1, 0.15) is 5.69 Å². The minimum atomic E-state index is -0.275. The van der Waals surface area contributed by atoms with E-state index in [-0.39, 0.29) is 11.5 Å². The van der Waals surface area contributed by atoms with E-state index >= 15 is 0 Å². The number of hydrogen-bond acceptors (Lipinski definition) is 5. The van der Waals surface area contributed by atoms with Gasteiger partial charge < -0.3 is 0 Å². The molecule has 6 heteroatoms. The van der Waals surface area contributed by atoms with Crippen LogP contribution in [0, 0.1) is 12.8 Å². The number of hydrazone groups is 1. The van der Waals surface area contributed by atoms with E-state index < -0.39 is 0 Å². The number of aromatic amines is 1. The lowest BCUT2D eigenvalue weighted by atomic mass is 10.0. The van der Waals surface area contributed by atoms with Gasteiger partial charge in [-0.15, -0.1) is 10.2 Å². The molecule has 22 heavy (non-hydrogen) atoms. The predicted octanol–water partition coefficient (Wildman–Crippen LogP) is 2.51. The molecule has 0 aliphatic rings. The van der Waals surface area contributed by atoms with E-state index in [1.54, 1.807) is 6.92 Å². The molecular formula is C16H21N5O. The molecule has 0 spiro atoms. The van der Waals surface area contributed by atoms with Crippen molar-refractivity contribution in [3.05, 3.63) is 51.4 Å². The number of nitrogens with zero attached hydrogens (tertiary/aromatic N) is 3. The van der Waals surface area contributed by atoms with Gasteiger partial charge in [-0.2, -0.15) is 5.10 Å². The summed E-state index contributed by atoms with van der Waals surface area (Å²) in [6, 6.07) is 8.31. The second-order valence-electron chi connectivity index (χ2n) is 5.69. The fraction of sp³-hybridized carbons (Fsp3) is 0.375. The topological polar surface area (TPSA) is 83.0 Å². The van der Waals surface area contributed by atoms with Crippen LogP contribution in [0.5, 0.6) is 0 Å². The smallest absolute Gasteiger partial charge is 0.274 e. The van der Waals surface area contributed by atoms with E-state index in [4.69, 9.17) is 0 Å². The van der Waals surface area contributed by atoms with Gasteiger partial charge in [-0.05, 0) is 37.3 Å². The summed E-state index contributed by atoms with van der Waals surface area (Å²) in [4.78, 5) is 14.0. The molecule has 0 bridgehead atoms. The minimum Gasteiger partial charge on any atom is -0.288 e. The zero-order chi connectivity index (χ0) is 16.1. The Balaban J connectivity index is 2.08. The standard InChI is InChI=1S/C16H21N5O/c1-10(2)9-13-5-7-14(8-6-13)11(3)18-20-16-17-15(22)12(4)19-21-16/h5-8,10H,9H2,1-4H3,(H2,17,20,21,22)/b18-11-. The van der Waals surface area contributed by atoms with Crippen LogP contribution in [0.4, 0.5) is 5.95 Å². The molecule has 2 N–H and O–H groups in total. The first-order chi connectivity index (χ1) is 10.5. The normalized spacial score (nSPS) is 11.8. The lowest BCUT2D eigenvalue weighted by Gasteiger charge is -2.06. The summed E-state index contributed by atoms with van der Waals surface area (Å²) < 4.78 is 0. The molecule has 0 radical (unpaired) electrons. The van der Waals surface area contributed by atoms with E-state index in [1.807, 2.05) is 19.1 Å². The monoisotopic (exact) mass is 299 g/mol. The van der Waals surface area contributed by atoms with Gasteiger partial charge in [0.15, 0.2) is 0 Å². The first-order valence-electron chi connectivity index (χ1n) is 7.29. The highest BCUT2D eigenvalue weighted by molar-refractivity contribution is 5.99. The Morgan fingerprint density at radius 2 is 1.95 bits per heavy atom. The average molecular weight is 299 g/mol. The van der Waals surface area contributed by atoms with Crippen LogP contribution in [0.2, 0.25) is 0 Å². The molecule has 1 aromatic carbocycles. The van der Waals surface area contributed by atoms with Crippen LogP contribution in [0.15, 0.2) is 34.2 Å². The van der Waals surface area contributed by atoms with Crippen molar-refractivity contribution in [3.63, 3.8) is 0 Å². The van der Waals surface area contributed by atoms with Crippen molar-refractivity contribution in [1.29, 1.82) is 0 Å². The molecule has 2 rings (SSSR count). The zero-order valence-corrected chi connectivity index (χ0v) is 13.3. The fourth-order valence-corrected chi connectivity index (χ4v) is 2.00. The number of hydrogen-bond donors (Lipinski definition) is 2. The van der Waals surface area contributed by atoms with Crippen LogP contribution in [0.25, 0.3) is 0 Å². The van der Waals surface area contributed by atoms with Crippen molar-refractivity contribution in [3.8, 4) is 0 Å². The number of rotatable bonds is 5. The predicted molar refractivity (Wildman–Crippen MR) is 88.2 cm³/mol. The Morgan fingerprint density at radius 1 is 1.27 bits per heavy atom. The minimum absolute atomic E-state index is 0.228. The molecule has 6 nitrogen and oxygen atoms in total. The molecule has 1 heterocycles. The highest BCUT2D eigenvalue weighted by atomic mass is 16.1. The Labute approximate surface area is 129 Å². The van der Waals surface area contributed by atoms with Crippen molar-refractivity contribution >= 4 is 11.7 Å². The highest BCUT2D eigenvalue weighted by Gasteiger charge is 2.02. The molecule has 2 aromatic rings. The van der Waals surface area contributed by atoms with E-state index in [1.165, 1.54) is 5.56 Å². The summed E-state index contributed by atoms with van der Waals surface area (Å²) in [5, 5.41) is 11.8. The molecule has 0 amide bonds. The Kier molecular flexibility index (Phi) is 5.04. The van der Waals surface area contributed by atoms with Crippen LogP contribution in [0.3, 0.4) is 0 Å². The molecule has 0 aliphatic heterocycles. The lowest BCUT2D eigenvalue weighted by Crippen LogP contribution is -2.16. The summed E-state index contributed by atoms with van der Waals surface area (Å²) in [5.74, 6) is 0.866. The van der Waals surface area contributed by atoms with Gasteiger partial charge in [-0.3, -0.25) is 9.78 Å². The molecule has 0 aliphatic carbocycles. The van der Waals surface area contributed by atoms with Crippen molar-refractivity contribution < 1.29 is 0 Å². The third kappa shape index (κ3) is 4.25. The number of aromatic nitrogens is 3. The number of H-pyrrole nitrogens is 1. The number of anilines is 1. The van der Waals surface area contributed by atoms with E-state index in [9.17, 15) is 4.79 Å². The number of aryl methyl sites for hydroxylation is 1. The van der Waals surface area contributed by atoms with Crippen LogP contribution in [-0.2, 0) is 6.42 Å². The van der Waals surface area contributed by atoms with Crippen molar-refractivity contribution in [1.82, 2.24) is 15.2 Å².